The van der Waals surface area contributed by atoms with Crippen LogP contribution >= 0.6 is 23.5 Å². The minimum absolute atomic E-state index is 0.423. The molecule has 0 amide bonds. The number of ether oxygens (including phenoxy) is 1. The summed E-state index contributed by atoms with van der Waals surface area (Å²) >= 11 is 3.60. The summed E-state index contributed by atoms with van der Waals surface area (Å²) in [6.07, 6.45) is 4.56. The SMILES string of the molecule is CCC1CSc2cc(OCCC=O)c(SC)cc2N(c2ccccc2)C1. The van der Waals surface area contributed by atoms with Gasteiger partial charge in [-0.05, 0) is 36.4 Å². The Hall–Kier alpha value is -1.59. The molecule has 0 saturated heterocycles. The maximum absolute atomic E-state index is 10.6. The number of thioether (sulfide) groups is 2. The molecule has 2 aromatic carbocycles. The van der Waals surface area contributed by atoms with Crippen molar-refractivity contribution in [1.29, 1.82) is 0 Å². The van der Waals surface area contributed by atoms with Gasteiger partial charge in [0.2, 0.25) is 0 Å². The Kier molecular flexibility index (Phi) is 6.92. The van der Waals surface area contributed by atoms with Gasteiger partial charge in [-0.25, -0.2) is 0 Å². The van der Waals surface area contributed by atoms with Crippen molar-refractivity contribution in [3.8, 4) is 5.75 Å². The van der Waals surface area contributed by atoms with Crippen molar-refractivity contribution < 1.29 is 9.53 Å². The van der Waals surface area contributed by atoms with Crippen molar-refractivity contribution in [2.45, 2.75) is 29.6 Å². The molecule has 0 spiro atoms. The molecule has 0 aromatic heterocycles. The summed E-state index contributed by atoms with van der Waals surface area (Å²) in [6.45, 7) is 3.73. The number of hydrogen-bond donors (Lipinski definition) is 0. The van der Waals surface area contributed by atoms with Crippen LogP contribution in [0.2, 0.25) is 0 Å². The van der Waals surface area contributed by atoms with Gasteiger partial charge in [0.05, 0.1) is 17.2 Å². The fraction of sp³-hybridized carbons (Fsp3) is 0.381. The predicted octanol–water partition coefficient (Wildman–Crippen LogP) is 5.65. The van der Waals surface area contributed by atoms with E-state index in [1.54, 1.807) is 11.8 Å². The average molecular weight is 388 g/mol. The minimum atomic E-state index is 0.423. The lowest BCUT2D eigenvalue weighted by molar-refractivity contribution is -0.108. The van der Waals surface area contributed by atoms with E-state index in [-0.39, 0.29) is 0 Å². The van der Waals surface area contributed by atoms with Crippen molar-refractivity contribution in [3.63, 3.8) is 0 Å². The molecule has 1 atom stereocenters. The van der Waals surface area contributed by atoms with Gasteiger partial charge in [-0.1, -0.05) is 31.5 Å². The number of carbonyl (C=O) groups excluding carboxylic acids is 1. The van der Waals surface area contributed by atoms with Crippen LogP contribution in [0.1, 0.15) is 19.8 Å². The molecule has 0 aliphatic carbocycles. The van der Waals surface area contributed by atoms with Crippen LogP contribution in [0.3, 0.4) is 0 Å². The third-order valence-corrected chi connectivity index (χ3v) is 6.62. The zero-order valence-corrected chi connectivity index (χ0v) is 16.9. The maximum Gasteiger partial charge on any atom is 0.134 e. The zero-order chi connectivity index (χ0) is 18.4. The number of benzene rings is 2. The van der Waals surface area contributed by atoms with Gasteiger partial charge >= 0.3 is 0 Å². The summed E-state index contributed by atoms with van der Waals surface area (Å²) in [7, 11) is 0. The first-order chi connectivity index (χ1) is 12.8. The number of hydrogen-bond acceptors (Lipinski definition) is 5. The summed E-state index contributed by atoms with van der Waals surface area (Å²) in [5.74, 6) is 2.64. The number of para-hydroxylation sites is 1. The molecule has 1 aliphatic rings. The molecular weight excluding hydrogens is 362 g/mol. The van der Waals surface area contributed by atoms with E-state index in [4.69, 9.17) is 4.74 Å². The van der Waals surface area contributed by atoms with Crippen LogP contribution in [0.4, 0.5) is 11.4 Å². The first-order valence-electron chi connectivity index (χ1n) is 9.00. The first kappa shape index (κ1) is 19.2. The lowest BCUT2D eigenvalue weighted by Crippen LogP contribution is -2.24. The highest BCUT2D eigenvalue weighted by molar-refractivity contribution is 7.99. The second-order valence-corrected chi connectivity index (χ2v) is 8.22. The van der Waals surface area contributed by atoms with Gasteiger partial charge in [0.15, 0.2) is 0 Å². The molecule has 0 N–H and O–H groups in total. The van der Waals surface area contributed by atoms with E-state index in [2.05, 4.69) is 60.5 Å². The molecule has 1 unspecified atom stereocenters. The summed E-state index contributed by atoms with van der Waals surface area (Å²) in [5, 5.41) is 0. The monoisotopic (exact) mass is 387 g/mol. The fourth-order valence-corrected chi connectivity index (χ4v) is 4.87. The Labute approximate surface area is 164 Å². The molecule has 3 rings (SSSR count). The molecular formula is C21H25NO2S2. The molecule has 0 saturated carbocycles. The van der Waals surface area contributed by atoms with Crippen LogP contribution in [0.5, 0.6) is 5.75 Å². The largest absolute Gasteiger partial charge is 0.492 e. The smallest absolute Gasteiger partial charge is 0.134 e. The van der Waals surface area contributed by atoms with Gasteiger partial charge in [0.25, 0.3) is 0 Å². The van der Waals surface area contributed by atoms with Gasteiger partial charge < -0.3 is 14.4 Å². The summed E-state index contributed by atoms with van der Waals surface area (Å²) in [6, 6.07) is 15.0. The fourth-order valence-electron chi connectivity index (χ4n) is 3.06. The number of aldehydes is 1. The van der Waals surface area contributed by atoms with Crippen LogP contribution in [0.25, 0.3) is 0 Å². The van der Waals surface area contributed by atoms with Crippen LogP contribution in [0, 0.1) is 5.92 Å². The van der Waals surface area contributed by atoms with Gasteiger partial charge in [-0.2, -0.15) is 0 Å². The topological polar surface area (TPSA) is 29.5 Å². The molecule has 2 aromatic rings. The van der Waals surface area contributed by atoms with Crippen LogP contribution < -0.4 is 9.64 Å². The van der Waals surface area contributed by atoms with Crippen molar-refractivity contribution >= 4 is 41.2 Å². The van der Waals surface area contributed by atoms with E-state index in [1.807, 2.05) is 11.8 Å². The highest BCUT2D eigenvalue weighted by atomic mass is 32.2. The first-order valence-corrected chi connectivity index (χ1v) is 11.2. The molecule has 1 heterocycles. The van der Waals surface area contributed by atoms with Crippen LogP contribution in [-0.2, 0) is 4.79 Å². The van der Waals surface area contributed by atoms with Crippen molar-refractivity contribution in [1.82, 2.24) is 0 Å². The molecule has 0 bridgehead atoms. The molecule has 1 aliphatic heterocycles. The Morgan fingerprint density at radius 1 is 1.31 bits per heavy atom. The van der Waals surface area contributed by atoms with E-state index in [0.717, 1.165) is 29.2 Å². The second-order valence-electron chi connectivity index (χ2n) is 6.31. The van der Waals surface area contributed by atoms with Crippen molar-refractivity contribution in [3.05, 3.63) is 42.5 Å². The molecule has 0 radical (unpaired) electrons. The Bertz CT molecular complexity index is 736. The standard InChI is InChI=1S/C21H25NO2S2/c1-3-16-14-22(17-8-5-4-6-9-17)18-12-21(25-2)19(24-11-7-10-23)13-20(18)26-15-16/h4-6,8-10,12-13,16H,3,7,11,14-15H2,1-2H3. The highest BCUT2D eigenvalue weighted by Gasteiger charge is 2.24. The molecule has 3 nitrogen and oxygen atoms in total. The van der Waals surface area contributed by atoms with E-state index < -0.39 is 0 Å². The van der Waals surface area contributed by atoms with Gasteiger partial charge in [0, 0.05) is 29.3 Å². The molecule has 138 valence electrons. The predicted molar refractivity (Wildman–Crippen MR) is 112 cm³/mol. The highest BCUT2D eigenvalue weighted by Crippen LogP contribution is 2.45. The normalized spacial score (nSPS) is 16.7. The van der Waals surface area contributed by atoms with E-state index >= 15 is 0 Å². The zero-order valence-electron chi connectivity index (χ0n) is 15.3. The molecule has 0 fully saturated rings. The van der Waals surface area contributed by atoms with Gasteiger partial charge in [-0.15, -0.1) is 23.5 Å². The maximum atomic E-state index is 10.6. The van der Waals surface area contributed by atoms with Crippen molar-refractivity contribution in [2.75, 3.05) is 30.1 Å². The number of nitrogens with zero attached hydrogens (tertiary/aromatic N) is 1. The van der Waals surface area contributed by atoms with Gasteiger partial charge in [0.1, 0.15) is 12.0 Å². The average Bonchev–Trinajstić information content (AvgIpc) is 2.87. The number of anilines is 2. The number of rotatable bonds is 7. The molecule has 5 heteroatoms. The second kappa shape index (κ2) is 9.38. The van der Waals surface area contributed by atoms with E-state index in [9.17, 15) is 4.79 Å². The lowest BCUT2D eigenvalue weighted by Gasteiger charge is -2.28. The lowest BCUT2D eigenvalue weighted by atomic mass is 10.1. The van der Waals surface area contributed by atoms with Crippen molar-refractivity contribution in [2.24, 2.45) is 5.92 Å². The molecule has 26 heavy (non-hydrogen) atoms. The summed E-state index contributed by atoms with van der Waals surface area (Å²) < 4.78 is 5.89. The quantitative estimate of drug-likeness (QED) is 0.348. The van der Waals surface area contributed by atoms with Crippen LogP contribution in [0.15, 0.2) is 52.3 Å². The Balaban J connectivity index is 2.01. The van der Waals surface area contributed by atoms with E-state index in [0.29, 0.717) is 18.9 Å². The number of carbonyl (C=O) groups is 1. The Morgan fingerprint density at radius 2 is 2.12 bits per heavy atom. The third-order valence-electron chi connectivity index (χ3n) is 4.59. The van der Waals surface area contributed by atoms with E-state index in [1.165, 1.54) is 22.7 Å². The van der Waals surface area contributed by atoms with Crippen LogP contribution in [-0.4, -0.2) is 31.4 Å². The Morgan fingerprint density at radius 3 is 2.81 bits per heavy atom. The van der Waals surface area contributed by atoms with Gasteiger partial charge in [-0.3, -0.25) is 0 Å². The summed E-state index contributed by atoms with van der Waals surface area (Å²) in [5.41, 5.74) is 2.49. The third kappa shape index (κ3) is 4.38. The number of fused-ring (bicyclic) bond motifs is 1. The summed E-state index contributed by atoms with van der Waals surface area (Å²) in [4.78, 5) is 15.4. The minimum Gasteiger partial charge on any atom is -0.492 e.